The molecule has 0 amide bonds. The highest BCUT2D eigenvalue weighted by molar-refractivity contribution is 8.18. The molecule has 13 heteroatoms. The Morgan fingerprint density at radius 3 is 1.24 bits per heavy atom. The minimum absolute atomic E-state index is 0.433. The zero-order chi connectivity index (χ0) is 26.6. The molecule has 0 aliphatic rings. The number of aliphatic hydroxyl groups is 4. The molecule has 0 aliphatic heterocycles. The van der Waals surface area contributed by atoms with Crippen molar-refractivity contribution >= 4 is 40.7 Å². The molecule has 0 fully saturated rings. The van der Waals surface area contributed by atoms with Crippen molar-refractivity contribution in [1.82, 2.24) is 0 Å². The molecule has 208 valence electrons. The molecule has 0 unspecified atom stereocenters. The second kappa shape index (κ2) is 22.2. The Morgan fingerprint density at radius 2 is 1.00 bits per heavy atom. The quantitative estimate of drug-likeness (QED) is 0.0606. The lowest BCUT2D eigenvalue weighted by Gasteiger charge is -2.43. The highest BCUT2D eigenvalue weighted by Crippen LogP contribution is 2.49. The average molecular weight is 571 g/mol. The predicted molar refractivity (Wildman–Crippen MR) is 144 cm³/mol. The van der Waals surface area contributed by atoms with E-state index in [-0.39, 0.29) is 0 Å². The van der Waals surface area contributed by atoms with Gasteiger partial charge in [-0.3, -0.25) is 0 Å². The summed E-state index contributed by atoms with van der Waals surface area (Å²) in [4.78, 5) is 31.3. The van der Waals surface area contributed by atoms with Crippen molar-refractivity contribution in [2.75, 3.05) is 31.3 Å². The maximum absolute atomic E-state index is 11.3. The van der Waals surface area contributed by atoms with E-state index in [0.717, 1.165) is 37.2 Å². The minimum Gasteiger partial charge on any atom is -0.395 e. The van der Waals surface area contributed by atoms with Crippen LogP contribution in [0.3, 0.4) is 0 Å². The molecule has 0 radical (unpaired) electrons. The van der Waals surface area contributed by atoms with E-state index in [1.165, 1.54) is 49.2 Å². The number of hydrogen-bond donors (Lipinski definition) is 8. The summed E-state index contributed by atoms with van der Waals surface area (Å²) < 4.78 is 2.23. The van der Waals surface area contributed by atoms with Crippen molar-refractivity contribution in [2.24, 2.45) is 17.3 Å². The van der Waals surface area contributed by atoms with Crippen molar-refractivity contribution in [3.05, 3.63) is 0 Å². The van der Waals surface area contributed by atoms with Crippen LogP contribution in [0, 0.1) is 17.3 Å². The third-order valence-corrected chi connectivity index (χ3v) is 9.68. The third-order valence-electron chi connectivity index (χ3n) is 5.17. The summed E-state index contributed by atoms with van der Waals surface area (Å²) in [5, 5.41) is 40.7. The summed E-state index contributed by atoms with van der Waals surface area (Å²) in [7, 11) is -5.22. The first-order valence-electron chi connectivity index (χ1n) is 11.8. The lowest BCUT2D eigenvalue weighted by molar-refractivity contribution is -0.0617. The fraction of sp³-hybridized carbons (Fsp3) is 1.00. The van der Waals surface area contributed by atoms with Crippen molar-refractivity contribution in [3.63, 3.8) is 0 Å². The smallest absolute Gasteiger partial charge is 0.334 e. The number of hydrogen-bond acceptors (Lipinski definition) is 11. The van der Waals surface area contributed by atoms with Gasteiger partial charge in [0.2, 0.25) is 0 Å². The van der Waals surface area contributed by atoms with Gasteiger partial charge in [-0.15, -0.1) is 23.5 Å². The average Bonchev–Trinajstić information content (AvgIpc) is 2.74. The number of thioether (sulfide) groups is 2. The van der Waals surface area contributed by atoms with Gasteiger partial charge in [-0.1, -0.05) is 66.2 Å². The van der Waals surface area contributed by atoms with Gasteiger partial charge in [0.1, 0.15) is 0 Å². The molecule has 0 atom stereocenters. The first kappa shape index (κ1) is 37.4. The van der Waals surface area contributed by atoms with Gasteiger partial charge in [-0.2, -0.15) is 0 Å². The lowest BCUT2D eigenvalue weighted by Crippen LogP contribution is -2.52. The summed E-state index contributed by atoms with van der Waals surface area (Å²) in [6.07, 6.45) is 9.02. The zero-order valence-electron chi connectivity index (χ0n) is 21.0. The van der Waals surface area contributed by atoms with Gasteiger partial charge in [-0.05, 0) is 36.2 Å². The molecule has 0 aromatic heterocycles. The molecule has 0 aliphatic carbocycles. The zero-order valence-corrected chi connectivity index (χ0v) is 24.5. The summed E-state index contributed by atoms with van der Waals surface area (Å²) in [5.74, 6) is 2.95. The Bertz CT molecular complexity index is 424. The van der Waals surface area contributed by atoms with Crippen molar-refractivity contribution in [2.45, 2.75) is 83.3 Å². The molecule has 0 aromatic carbocycles. The highest BCUT2D eigenvalue weighted by Gasteiger charge is 2.50. The van der Waals surface area contributed by atoms with Gasteiger partial charge in [0.25, 0.3) is 0 Å². The fourth-order valence-electron chi connectivity index (χ4n) is 2.95. The van der Waals surface area contributed by atoms with Crippen LogP contribution in [0.1, 0.15) is 79.1 Å². The molecule has 8 N–H and O–H groups in total. The third kappa shape index (κ3) is 18.4. The first-order chi connectivity index (χ1) is 15.9. The number of rotatable bonds is 20. The van der Waals surface area contributed by atoms with Gasteiger partial charge in [0.05, 0.1) is 25.2 Å². The van der Waals surface area contributed by atoms with Gasteiger partial charge < -0.3 is 40.0 Å². The monoisotopic (exact) mass is 570 g/mol. The first-order valence-corrected chi connectivity index (χ1v) is 16.1. The van der Waals surface area contributed by atoms with E-state index in [2.05, 4.69) is 32.0 Å². The van der Waals surface area contributed by atoms with Crippen molar-refractivity contribution in [3.8, 4) is 0 Å². The summed E-state index contributed by atoms with van der Waals surface area (Å²) in [5.41, 5.74) is -1.29. The van der Waals surface area contributed by atoms with E-state index in [1.807, 2.05) is 0 Å². The van der Waals surface area contributed by atoms with E-state index >= 15 is 0 Å². The molecule has 0 bridgehead atoms. The number of unbranched alkanes of at least 4 members (excludes halogenated alkanes) is 4. The SMILES string of the molecule is CC(C)CCCCCSC(O)(SCCCCCC(C)C)C(CO)(CO)CO.OP(O)OP(O)O. The van der Waals surface area contributed by atoms with Crippen LogP contribution >= 0.6 is 40.7 Å². The Balaban J connectivity index is 0. The van der Waals surface area contributed by atoms with E-state index < -0.39 is 46.7 Å². The predicted octanol–water partition coefficient (Wildman–Crippen LogP) is 3.92. The van der Waals surface area contributed by atoms with Crippen LogP contribution in [0.5, 0.6) is 0 Å². The molecule has 0 heterocycles. The fourth-order valence-corrected chi connectivity index (χ4v) is 6.55. The molecule has 0 saturated carbocycles. The number of aliphatic hydroxyl groups excluding tert-OH is 3. The van der Waals surface area contributed by atoms with Crippen LogP contribution in [-0.2, 0) is 4.31 Å². The maximum atomic E-state index is 11.3. The summed E-state index contributed by atoms with van der Waals surface area (Å²) in [6.45, 7) is 7.60. The Labute approximate surface area is 216 Å². The molecule has 0 spiro atoms. The Hall–Kier alpha value is 1.20. The van der Waals surface area contributed by atoms with Crippen LogP contribution in [0.15, 0.2) is 0 Å². The summed E-state index contributed by atoms with van der Waals surface area (Å²) in [6, 6.07) is 0. The topological polar surface area (TPSA) is 171 Å². The molecule has 0 aromatic rings. The minimum atomic E-state index is -2.61. The van der Waals surface area contributed by atoms with Gasteiger partial charge in [0.15, 0.2) is 4.27 Å². The molecule has 9 nitrogen and oxygen atoms in total. The maximum Gasteiger partial charge on any atom is 0.334 e. The normalized spacial score (nSPS) is 12.7. The van der Waals surface area contributed by atoms with Crippen LogP contribution in [0.2, 0.25) is 0 Å². The van der Waals surface area contributed by atoms with E-state index in [4.69, 9.17) is 19.6 Å². The van der Waals surface area contributed by atoms with E-state index in [9.17, 15) is 20.4 Å². The Kier molecular flexibility index (Phi) is 24.4. The second-order valence-electron chi connectivity index (χ2n) is 9.11. The van der Waals surface area contributed by atoms with Gasteiger partial charge in [0, 0.05) is 0 Å². The van der Waals surface area contributed by atoms with E-state index in [1.54, 1.807) is 0 Å². The summed E-state index contributed by atoms with van der Waals surface area (Å²) >= 11 is 2.74. The standard InChI is InChI=1S/C21H44O4S2.H4O5P2/c1-18(2)11-7-5-9-13-26-21(25,20(15-22,16-23)17-24)27-14-10-6-8-12-19(3)4;1-6(2)5-7(3)4/h18-19,22-25H,5-17H2,1-4H3;1-4H. The van der Waals surface area contributed by atoms with Gasteiger partial charge in [-0.25, -0.2) is 4.31 Å². The molecule has 34 heavy (non-hydrogen) atoms. The lowest BCUT2D eigenvalue weighted by atomic mass is 9.92. The van der Waals surface area contributed by atoms with Crippen LogP contribution in [0.4, 0.5) is 0 Å². The second-order valence-corrected chi connectivity index (χ2v) is 13.6. The van der Waals surface area contributed by atoms with E-state index in [0.29, 0.717) is 11.8 Å². The highest BCUT2D eigenvalue weighted by atomic mass is 32.2. The van der Waals surface area contributed by atoms with Crippen LogP contribution < -0.4 is 0 Å². The molecule has 0 saturated heterocycles. The molecule has 0 rings (SSSR count). The largest absolute Gasteiger partial charge is 0.395 e. The Morgan fingerprint density at radius 1 is 0.647 bits per heavy atom. The van der Waals surface area contributed by atoms with Crippen LogP contribution in [-0.4, -0.2) is 75.6 Å². The van der Waals surface area contributed by atoms with Gasteiger partial charge >= 0.3 is 17.2 Å². The van der Waals surface area contributed by atoms with Crippen molar-refractivity contribution in [1.29, 1.82) is 0 Å². The molecular formula is C21H48O9P2S2. The molecular weight excluding hydrogens is 522 g/mol. The van der Waals surface area contributed by atoms with Crippen molar-refractivity contribution < 1.29 is 44.3 Å². The van der Waals surface area contributed by atoms with Crippen LogP contribution in [0.25, 0.3) is 0 Å².